The fourth-order valence-corrected chi connectivity index (χ4v) is 3.38. The van der Waals surface area contributed by atoms with E-state index in [0.29, 0.717) is 30.8 Å². The monoisotopic (exact) mass is 373 g/mol. The molecule has 0 atom stereocenters. The van der Waals surface area contributed by atoms with Gasteiger partial charge in [-0.2, -0.15) is 0 Å². The van der Waals surface area contributed by atoms with Gasteiger partial charge in [-0.05, 0) is 45.9 Å². The summed E-state index contributed by atoms with van der Waals surface area (Å²) < 4.78 is 5.40. The van der Waals surface area contributed by atoms with Crippen LogP contribution in [0.2, 0.25) is 0 Å². The average molecular weight is 373 g/mol. The smallest absolute Gasteiger partial charge is 0.410 e. The number of imide groups is 1. The van der Waals surface area contributed by atoms with Crippen molar-refractivity contribution in [2.45, 2.75) is 32.8 Å². The number of benzene rings is 1. The largest absolute Gasteiger partial charge is 0.444 e. The first-order valence-electron chi connectivity index (χ1n) is 9.42. The Morgan fingerprint density at radius 2 is 1.52 bits per heavy atom. The minimum atomic E-state index is -0.486. The highest BCUT2D eigenvalue weighted by atomic mass is 16.6. The van der Waals surface area contributed by atoms with Gasteiger partial charge >= 0.3 is 6.09 Å². The summed E-state index contributed by atoms with van der Waals surface area (Å²) in [5, 5.41) is 0. The molecule has 0 saturated carbocycles. The zero-order valence-electron chi connectivity index (χ0n) is 16.2. The molecule has 2 aliphatic heterocycles. The molecule has 1 fully saturated rings. The van der Waals surface area contributed by atoms with Gasteiger partial charge in [0.1, 0.15) is 5.60 Å². The van der Waals surface area contributed by atoms with Gasteiger partial charge in [-0.15, -0.1) is 0 Å². The van der Waals surface area contributed by atoms with E-state index in [-0.39, 0.29) is 17.9 Å². The molecule has 27 heavy (non-hydrogen) atoms. The Hall–Kier alpha value is -2.41. The number of nitrogens with zero attached hydrogens (tertiary/aromatic N) is 3. The third-order valence-corrected chi connectivity index (χ3v) is 4.76. The summed E-state index contributed by atoms with van der Waals surface area (Å²) in [5.74, 6) is -0.407. The van der Waals surface area contributed by atoms with Crippen molar-refractivity contribution >= 4 is 17.9 Å². The zero-order valence-corrected chi connectivity index (χ0v) is 16.2. The van der Waals surface area contributed by atoms with E-state index in [4.69, 9.17) is 4.74 Å². The zero-order chi connectivity index (χ0) is 19.6. The maximum atomic E-state index is 12.4. The first-order valence-corrected chi connectivity index (χ1v) is 9.42. The number of carbonyl (C=O) groups is 3. The molecule has 1 saturated heterocycles. The Morgan fingerprint density at radius 3 is 2.04 bits per heavy atom. The van der Waals surface area contributed by atoms with Crippen LogP contribution >= 0.6 is 0 Å². The number of hydrogen-bond donors (Lipinski definition) is 0. The highest BCUT2D eigenvalue weighted by molar-refractivity contribution is 6.21. The maximum absolute atomic E-state index is 12.4. The lowest BCUT2D eigenvalue weighted by Gasteiger charge is -2.35. The van der Waals surface area contributed by atoms with E-state index < -0.39 is 5.60 Å². The second kappa shape index (κ2) is 7.68. The van der Waals surface area contributed by atoms with Crippen LogP contribution in [0.5, 0.6) is 0 Å². The van der Waals surface area contributed by atoms with E-state index in [9.17, 15) is 14.4 Å². The summed E-state index contributed by atoms with van der Waals surface area (Å²) >= 11 is 0. The predicted molar refractivity (Wildman–Crippen MR) is 101 cm³/mol. The number of carbonyl (C=O) groups excluding carboxylic acids is 3. The molecule has 3 amide bonds. The Bertz CT molecular complexity index is 698. The SMILES string of the molecule is CC(C)(C)OC(=O)N1CCN(CCCN2C(=O)c3ccccc3C2=O)CC1. The second-order valence-corrected chi connectivity index (χ2v) is 7.97. The van der Waals surface area contributed by atoms with Crippen LogP contribution in [-0.4, -0.2) is 77.5 Å². The molecular formula is C20H27N3O4. The van der Waals surface area contributed by atoms with Gasteiger partial charge in [0.15, 0.2) is 0 Å². The van der Waals surface area contributed by atoms with Crippen molar-refractivity contribution in [3.05, 3.63) is 35.4 Å². The van der Waals surface area contributed by atoms with Crippen LogP contribution in [0.3, 0.4) is 0 Å². The summed E-state index contributed by atoms with van der Waals surface area (Å²) in [4.78, 5) is 42.1. The van der Waals surface area contributed by atoms with Gasteiger partial charge in [0.05, 0.1) is 11.1 Å². The van der Waals surface area contributed by atoms with Crippen LogP contribution in [0, 0.1) is 0 Å². The highest BCUT2D eigenvalue weighted by Crippen LogP contribution is 2.22. The van der Waals surface area contributed by atoms with Gasteiger partial charge in [0, 0.05) is 32.7 Å². The number of rotatable bonds is 4. The summed E-state index contributed by atoms with van der Waals surface area (Å²) in [6, 6.07) is 6.95. The molecule has 7 heteroatoms. The fraction of sp³-hybridized carbons (Fsp3) is 0.550. The molecule has 7 nitrogen and oxygen atoms in total. The number of hydrogen-bond acceptors (Lipinski definition) is 5. The molecule has 0 aliphatic carbocycles. The van der Waals surface area contributed by atoms with Gasteiger partial charge in [0.2, 0.25) is 0 Å². The van der Waals surface area contributed by atoms with Crippen molar-refractivity contribution in [2.24, 2.45) is 0 Å². The van der Waals surface area contributed by atoms with E-state index in [1.165, 1.54) is 4.90 Å². The highest BCUT2D eigenvalue weighted by Gasteiger charge is 2.34. The summed E-state index contributed by atoms with van der Waals surface area (Å²) in [5.41, 5.74) is 0.502. The molecule has 0 spiro atoms. The van der Waals surface area contributed by atoms with E-state index in [1.807, 2.05) is 20.8 Å². The van der Waals surface area contributed by atoms with E-state index >= 15 is 0 Å². The third-order valence-electron chi connectivity index (χ3n) is 4.76. The average Bonchev–Trinajstić information content (AvgIpc) is 2.86. The number of fused-ring (bicyclic) bond motifs is 1. The molecule has 3 rings (SSSR count). The molecule has 2 aliphatic rings. The van der Waals surface area contributed by atoms with Gasteiger partial charge in [-0.3, -0.25) is 19.4 Å². The Balaban J connectivity index is 1.42. The van der Waals surface area contributed by atoms with E-state index in [0.717, 1.165) is 26.1 Å². The fourth-order valence-electron chi connectivity index (χ4n) is 3.38. The Labute approximate surface area is 159 Å². The molecule has 0 bridgehead atoms. The van der Waals surface area contributed by atoms with Crippen molar-refractivity contribution < 1.29 is 19.1 Å². The first-order chi connectivity index (χ1) is 12.8. The van der Waals surface area contributed by atoms with Gasteiger partial charge in [-0.1, -0.05) is 12.1 Å². The molecule has 0 N–H and O–H groups in total. The van der Waals surface area contributed by atoms with Crippen LogP contribution in [0.4, 0.5) is 4.79 Å². The second-order valence-electron chi connectivity index (χ2n) is 7.97. The number of piperazine rings is 1. The van der Waals surface area contributed by atoms with Gasteiger partial charge in [0.25, 0.3) is 11.8 Å². The molecule has 2 heterocycles. The Morgan fingerprint density at radius 1 is 0.963 bits per heavy atom. The quantitative estimate of drug-likeness (QED) is 0.757. The third kappa shape index (κ3) is 4.47. The van der Waals surface area contributed by atoms with Crippen LogP contribution in [-0.2, 0) is 4.74 Å². The normalized spacial score (nSPS) is 18.0. The van der Waals surface area contributed by atoms with Crippen molar-refractivity contribution in [3.8, 4) is 0 Å². The van der Waals surface area contributed by atoms with Gasteiger partial charge < -0.3 is 9.64 Å². The summed E-state index contributed by atoms with van der Waals surface area (Å²) in [7, 11) is 0. The lowest BCUT2D eigenvalue weighted by Crippen LogP contribution is -2.50. The topological polar surface area (TPSA) is 70.2 Å². The lowest BCUT2D eigenvalue weighted by atomic mass is 10.1. The van der Waals surface area contributed by atoms with Crippen molar-refractivity contribution in [2.75, 3.05) is 39.3 Å². The molecule has 0 aromatic heterocycles. The Kier molecular flexibility index (Phi) is 5.51. The minimum absolute atomic E-state index is 0.203. The van der Waals surface area contributed by atoms with Crippen molar-refractivity contribution in [3.63, 3.8) is 0 Å². The standard InChI is InChI=1S/C20H27N3O4/c1-20(2,3)27-19(26)22-13-11-21(12-14-22)9-6-10-23-17(24)15-7-4-5-8-16(15)18(23)25/h4-5,7-8H,6,9-14H2,1-3H3. The van der Waals surface area contributed by atoms with Crippen LogP contribution in [0.25, 0.3) is 0 Å². The summed E-state index contributed by atoms with van der Waals surface area (Å²) in [6.07, 6.45) is 0.450. The van der Waals surface area contributed by atoms with E-state index in [1.54, 1.807) is 29.2 Å². The molecule has 1 aromatic carbocycles. The maximum Gasteiger partial charge on any atom is 0.410 e. The molecule has 0 radical (unpaired) electrons. The van der Waals surface area contributed by atoms with Crippen molar-refractivity contribution in [1.82, 2.24) is 14.7 Å². The van der Waals surface area contributed by atoms with E-state index in [2.05, 4.69) is 4.90 Å². The van der Waals surface area contributed by atoms with Crippen LogP contribution in [0.15, 0.2) is 24.3 Å². The lowest BCUT2D eigenvalue weighted by molar-refractivity contribution is 0.0141. The van der Waals surface area contributed by atoms with Crippen molar-refractivity contribution in [1.29, 1.82) is 0 Å². The molecule has 0 unspecified atom stereocenters. The molecule has 1 aromatic rings. The molecule has 146 valence electrons. The molecular weight excluding hydrogens is 346 g/mol. The number of ether oxygens (including phenoxy) is 1. The van der Waals surface area contributed by atoms with Crippen LogP contribution < -0.4 is 0 Å². The minimum Gasteiger partial charge on any atom is -0.444 e. The first kappa shape index (κ1) is 19.4. The summed E-state index contributed by atoms with van der Waals surface area (Å²) in [6.45, 7) is 9.57. The van der Waals surface area contributed by atoms with Crippen LogP contribution in [0.1, 0.15) is 47.9 Å². The number of amides is 3. The van der Waals surface area contributed by atoms with Gasteiger partial charge in [-0.25, -0.2) is 4.79 Å². The predicted octanol–water partition coefficient (Wildman–Crippen LogP) is 2.23.